The second-order valence-electron chi connectivity index (χ2n) is 10.1. The van der Waals surface area contributed by atoms with Crippen LogP contribution in [0.4, 0.5) is 10.1 Å². The molecule has 1 saturated carbocycles. The Morgan fingerprint density at radius 2 is 1.61 bits per heavy atom. The third-order valence-corrected chi connectivity index (χ3v) is 9.44. The lowest BCUT2D eigenvalue weighted by Gasteiger charge is -2.33. The van der Waals surface area contributed by atoms with Crippen molar-refractivity contribution in [2.24, 2.45) is 0 Å². The number of hydrogen-bond acceptors (Lipinski definition) is 4. The molecule has 0 spiro atoms. The van der Waals surface area contributed by atoms with Crippen LogP contribution in [0.2, 0.25) is 10.0 Å². The second-order valence-corrected chi connectivity index (χ2v) is 12.8. The molecule has 3 aromatic rings. The minimum atomic E-state index is -4.24. The van der Waals surface area contributed by atoms with Crippen molar-refractivity contribution in [1.82, 2.24) is 10.2 Å². The van der Waals surface area contributed by atoms with E-state index in [1.54, 1.807) is 19.1 Å². The van der Waals surface area contributed by atoms with E-state index in [9.17, 15) is 22.4 Å². The number of sulfonamides is 1. The van der Waals surface area contributed by atoms with Gasteiger partial charge in [-0.05, 0) is 79.9 Å². The minimum absolute atomic E-state index is 0.0229. The first kappa shape index (κ1) is 30.8. The van der Waals surface area contributed by atoms with Gasteiger partial charge in [0.1, 0.15) is 18.4 Å². The molecule has 7 nitrogen and oxygen atoms in total. The minimum Gasteiger partial charge on any atom is -0.352 e. The number of amides is 2. The highest BCUT2D eigenvalue weighted by atomic mass is 35.5. The molecule has 1 N–H and O–H groups in total. The van der Waals surface area contributed by atoms with E-state index in [1.807, 2.05) is 0 Å². The molecular weight excluding hydrogens is 588 g/mol. The fourth-order valence-corrected chi connectivity index (χ4v) is 6.55. The Hall–Kier alpha value is -3.14. The van der Waals surface area contributed by atoms with Crippen molar-refractivity contribution < 1.29 is 22.4 Å². The average Bonchev–Trinajstić information content (AvgIpc) is 2.95. The third kappa shape index (κ3) is 7.99. The number of anilines is 1. The van der Waals surface area contributed by atoms with E-state index in [1.165, 1.54) is 65.6 Å². The van der Waals surface area contributed by atoms with Crippen LogP contribution < -0.4 is 9.62 Å². The molecule has 1 atom stereocenters. The van der Waals surface area contributed by atoms with Gasteiger partial charge in [0.25, 0.3) is 10.0 Å². The number of carbonyl (C=O) groups excluding carboxylic acids is 2. The van der Waals surface area contributed by atoms with Gasteiger partial charge < -0.3 is 10.2 Å². The fraction of sp³-hybridized carbons (Fsp3) is 0.333. The second kappa shape index (κ2) is 13.7. The van der Waals surface area contributed by atoms with Gasteiger partial charge in [-0.15, -0.1) is 0 Å². The molecule has 0 heterocycles. The molecule has 0 bridgehead atoms. The van der Waals surface area contributed by atoms with Crippen molar-refractivity contribution in [3.63, 3.8) is 0 Å². The Balaban J connectivity index is 1.67. The maximum Gasteiger partial charge on any atom is 0.264 e. The van der Waals surface area contributed by atoms with Gasteiger partial charge in [-0.25, -0.2) is 12.8 Å². The topological polar surface area (TPSA) is 86.8 Å². The Morgan fingerprint density at radius 3 is 2.24 bits per heavy atom. The van der Waals surface area contributed by atoms with Crippen LogP contribution in [0.5, 0.6) is 0 Å². The standard InChI is InChI=1S/C30H32Cl2FN3O4S/c1-21(30(38)34-26-7-3-2-4-8-26)35(19-22-10-14-25(33)15-11-22)29(37)20-36(27-9-5-6-24(32)18-27)41(39,40)28-16-12-23(31)13-17-28/h5-6,9-18,21,26H,2-4,7-8,19-20H2,1H3,(H,34,38)/t21-/m1/s1. The van der Waals surface area contributed by atoms with Crippen molar-refractivity contribution in [2.75, 3.05) is 10.8 Å². The summed E-state index contributed by atoms with van der Waals surface area (Å²) in [6.07, 6.45) is 4.90. The van der Waals surface area contributed by atoms with Gasteiger partial charge in [0.2, 0.25) is 11.8 Å². The highest BCUT2D eigenvalue weighted by Crippen LogP contribution is 2.28. The molecule has 41 heavy (non-hydrogen) atoms. The van der Waals surface area contributed by atoms with Gasteiger partial charge in [-0.3, -0.25) is 13.9 Å². The molecule has 1 aliphatic rings. The number of halogens is 3. The molecule has 218 valence electrons. The molecule has 4 rings (SSSR count). The zero-order chi connectivity index (χ0) is 29.6. The van der Waals surface area contributed by atoms with Crippen molar-refractivity contribution in [3.05, 3.63) is 94.2 Å². The lowest BCUT2D eigenvalue weighted by molar-refractivity contribution is -0.139. The van der Waals surface area contributed by atoms with E-state index < -0.39 is 34.3 Å². The largest absolute Gasteiger partial charge is 0.352 e. The molecule has 0 saturated heterocycles. The molecular formula is C30H32Cl2FN3O4S. The quantitative estimate of drug-likeness (QED) is 0.293. The van der Waals surface area contributed by atoms with Gasteiger partial charge in [0.05, 0.1) is 10.6 Å². The zero-order valence-corrected chi connectivity index (χ0v) is 24.9. The van der Waals surface area contributed by atoms with Crippen molar-refractivity contribution in [1.29, 1.82) is 0 Å². The van der Waals surface area contributed by atoms with E-state index in [2.05, 4.69) is 5.32 Å². The van der Waals surface area contributed by atoms with Gasteiger partial charge in [-0.1, -0.05) is 60.7 Å². The van der Waals surface area contributed by atoms with E-state index in [0.717, 1.165) is 36.4 Å². The number of carbonyl (C=O) groups is 2. The first-order valence-electron chi connectivity index (χ1n) is 13.4. The van der Waals surface area contributed by atoms with E-state index >= 15 is 0 Å². The number of benzene rings is 3. The predicted molar refractivity (Wildman–Crippen MR) is 159 cm³/mol. The van der Waals surface area contributed by atoms with Crippen molar-refractivity contribution in [3.8, 4) is 0 Å². The van der Waals surface area contributed by atoms with Crippen LogP contribution in [0.3, 0.4) is 0 Å². The molecule has 11 heteroatoms. The average molecular weight is 621 g/mol. The van der Waals surface area contributed by atoms with Gasteiger partial charge in [0, 0.05) is 22.6 Å². The summed E-state index contributed by atoms with van der Waals surface area (Å²) in [5.74, 6) is -1.38. The Kier molecular flexibility index (Phi) is 10.3. The van der Waals surface area contributed by atoms with Crippen LogP contribution in [0.15, 0.2) is 77.7 Å². The molecule has 0 aromatic heterocycles. The first-order chi connectivity index (χ1) is 19.5. The first-order valence-corrected chi connectivity index (χ1v) is 15.6. The molecule has 0 aliphatic heterocycles. The van der Waals surface area contributed by atoms with Crippen molar-refractivity contribution in [2.45, 2.75) is 62.6 Å². The number of nitrogens with one attached hydrogen (secondary N) is 1. The summed E-state index contributed by atoms with van der Waals surface area (Å²) in [6.45, 7) is 0.979. The zero-order valence-electron chi connectivity index (χ0n) is 22.6. The summed E-state index contributed by atoms with van der Waals surface area (Å²) >= 11 is 12.2. The van der Waals surface area contributed by atoms with Crippen LogP contribution >= 0.6 is 23.2 Å². The normalized spacial score (nSPS) is 14.7. The summed E-state index contributed by atoms with van der Waals surface area (Å²) < 4.78 is 42.2. The summed E-state index contributed by atoms with van der Waals surface area (Å²) in [5, 5.41) is 3.69. The van der Waals surface area contributed by atoms with Crippen LogP contribution in [0.1, 0.15) is 44.6 Å². The fourth-order valence-electron chi connectivity index (χ4n) is 4.83. The summed E-state index contributed by atoms with van der Waals surface area (Å²) in [5.41, 5.74) is 0.772. The molecule has 1 aliphatic carbocycles. The predicted octanol–water partition coefficient (Wildman–Crippen LogP) is 6.19. The summed E-state index contributed by atoms with van der Waals surface area (Å²) in [6, 6.07) is 16.5. The lowest BCUT2D eigenvalue weighted by atomic mass is 9.95. The monoisotopic (exact) mass is 619 g/mol. The molecule has 0 radical (unpaired) electrons. The van der Waals surface area contributed by atoms with E-state index in [0.29, 0.717) is 10.6 Å². The Bertz CT molecular complexity index is 1460. The maximum absolute atomic E-state index is 14.0. The maximum atomic E-state index is 14.0. The van der Waals surface area contributed by atoms with Crippen molar-refractivity contribution >= 4 is 50.7 Å². The van der Waals surface area contributed by atoms with Gasteiger partial charge in [-0.2, -0.15) is 0 Å². The van der Waals surface area contributed by atoms with Gasteiger partial charge in [0.15, 0.2) is 0 Å². The number of nitrogens with zero attached hydrogens (tertiary/aromatic N) is 2. The lowest BCUT2D eigenvalue weighted by Crippen LogP contribution is -2.53. The van der Waals surface area contributed by atoms with Crippen LogP contribution in [0, 0.1) is 5.82 Å². The van der Waals surface area contributed by atoms with E-state index in [-0.39, 0.29) is 34.1 Å². The van der Waals surface area contributed by atoms with Gasteiger partial charge >= 0.3 is 0 Å². The molecule has 2 amide bonds. The molecule has 3 aromatic carbocycles. The van der Waals surface area contributed by atoms with Crippen LogP contribution in [-0.4, -0.2) is 43.8 Å². The van der Waals surface area contributed by atoms with Crippen LogP contribution in [-0.2, 0) is 26.2 Å². The molecule has 1 fully saturated rings. The Morgan fingerprint density at radius 1 is 0.951 bits per heavy atom. The van der Waals surface area contributed by atoms with Crippen LogP contribution in [0.25, 0.3) is 0 Å². The highest BCUT2D eigenvalue weighted by Gasteiger charge is 2.33. The Labute approximate surface area is 250 Å². The molecule has 0 unspecified atom stereocenters. The van der Waals surface area contributed by atoms with E-state index in [4.69, 9.17) is 23.2 Å². The third-order valence-electron chi connectivity index (χ3n) is 7.16. The summed E-state index contributed by atoms with van der Waals surface area (Å²) in [4.78, 5) is 28.5. The highest BCUT2D eigenvalue weighted by molar-refractivity contribution is 7.92. The number of hydrogen-bond donors (Lipinski definition) is 1. The summed E-state index contributed by atoms with van der Waals surface area (Å²) in [7, 11) is -4.24. The number of rotatable bonds is 10. The SMILES string of the molecule is C[C@H](C(=O)NC1CCCCC1)N(Cc1ccc(F)cc1)C(=O)CN(c1cccc(Cl)c1)S(=O)(=O)c1ccc(Cl)cc1. The smallest absolute Gasteiger partial charge is 0.264 e.